The molecule has 0 amide bonds. The van der Waals surface area contributed by atoms with E-state index < -0.39 is 11.7 Å². The van der Waals surface area contributed by atoms with E-state index in [0.29, 0.717) is 13.0 Å². The molecule has 5 rings (SSSR count). The third-order valence-electron chi connectivity index (χ3n) is 6.39. The zero-order valence-electron chi connectivity index (χ0n) is 16.5. The van der Waals surface area contributed by atoms with Crippen LogP contribution in [-0.4, -0.2) is 40.9 Å². The van der Waals surface area contributed by atoms with E-state index in [1.54, 1.807) is 0 Å². The average Bonchev–Trinajstić information content (AvgIpc) is 3.10. The Morgan fingerprint density at radius 3 is 1.69 bits per heavy atom. The van der Waals surface area contributed by atoms with Crippen molar-refractivity contribution in [2.24, 2.45) is 0 Å². The second-order valence-corrected chi connectivity index (χ2v) is 8.24. The number of benzene rings is 4. The Labute approximate surface area is 170 Å². The molecule has 0 saturated carbocycles. The van der Waals surface area contributed by atoms with Crippen LogP contribution >= 0.6 is 0 Å². The predicted molar refractivity (Wildman–Crippen MR) is 118 cm³/mol. The zero-order valence-corrected chi connectivity index (χ0v) is 16.5. The minimum atomic E-state index is -1.22. The lowest BCUT2D eigenvalue weighted by Gasteiger charge is -2.39. The molecule has 2 atom stereocenters. The van der Waals surface area contributed by atoms with Crippen LogP contribution in [0.4, 0.5) is 0 Å². The fourth-order valence-corrected chi connectivity index (χ4v) is 4.87. The van der Waals surface area contributed by atoms with Crippen molar-refractivity contribution < 1.29 is 10.2 Å². The summed E-state index contributed by atoms with van der Waals surface area (Å²) >= 11 is 0. The highest BCUT2D eigenvalue weighted by Gasteiger charge is 2.46. The van der Waals surface area contributed by atoms with Crippen molar-refractivity contribution in [2.45, 2.75) is 24.2 Å². The van der Waals surface area contributed by atoms with Crippen LogP contribution in [0.25, 0.3) is 21.5 Å². The van der Waals surface area contributed by atoms with Crippen LogP contribution < -0.4 is 0 Å². The predicted octanol–water partition coefficient (Wildman–Crippen LogP) is 4.29. The van der Waals surface area contributed by atoms with Gasteiger partial charge in [0.1, 0.15) is 5.60 Å². The highest BCUT2D eigenvalue weighted by molar-refractivity contribution is 5.85. The van der Waals surface area contributed by atoms with Gasteiger partial charge in [-0.2, -0.15) is 0 Å². The molecule has 0 spiro atoms. The first-order valence-electron chi connectivity index (χ1n) is 10.1. The molecule has 4 aromatic carbocycles. The van der Waals surface area contributed by atoms with Crippen molar-refractivity contribution in [2.75, 3.05) is 13.6 Å². The van der Waals surface area contributed by atoms with Crippen LogP contribution in [0.15, 0.2) is 84.9 Å². The van der Waals surface area contributed by atoms with Gasteiger partial charge in [0.25, 0.3) is 0 Å². The zero-order chi connectivity index (χ0) is 20.0. The van der Waals surface area contributed by atoms with E-state index >= 15 is 0 Å². The van der Waals surface area contributed by atoms with Gasteiger partial charge in [0.2, 0.25) is 0 Å². The van der Waals surface area contributed by atoms with E-state index in [4.69, 9.17) is 0 Å². The molecular formula is C26H25NO2. The van der Waals surface area contributed by atoms with Crippen LogP contribution in [0.1, 0.15) is 17.5 Å². The van der Waals surface area contributed by atoms with Gasteiger partial charge in [-0.05, 0) is 58.3 Å². The van der Waals surface area contributed by atoms with Gasteiger partial charge in [0.15, 0.2) is 0 Å². The lowest BCUT2D eigenvalue weighted by molar-refractivity contribution is 0.00420. The average molecular weight is 383 g/mol. The summed E-state index contributed by atoms with van der Waals surface area (Å²) in [5.41, 5.74) is 0.496. The summed E-state index contributed by atoms with van der Waals surface area (Å²) in [7, 11) is 1.98. The number of rotatable bonds is 3. The molecule has 4 aromatic rings. The van der Waals surface area contributed by atoms with E-state index in [2.05, 4.69) is 53.4 Å². The normalized spacial score (nSPS) is 20.5. The largest absolute Gasteiger partial charge is 0.392 e. The first-order chi connectivity index (χ1) is 14.1. The molecule has 1 saturated heterocycles. The van der Waals surface area contributed by atoms with E-state index in [1.807, 2.05) is 43.4 Å². The number of fused-ring (bicyclic) bond motifs is 2. The van der Waals surface area contributed by atoms with Crippen molar-refractivity contribution in [3.8, 4) is 0 Å². The summed E-state index contributed by atoms with van der Waals surface area (Å²) in [6, 6.07) is 28.6. The standard InChI is InChI=1S/C26H25NO2/c1-27-17-24(28)16-25(27)26(29,22-12-10-18-6-2-4-8-20(18)14-22)23-13-11-19-7-3-5-9-21(19)15-23/h2-15,24-25,28-29H,16-17H2,1H3/t24-,25+/m1/s1. The van der Waals surface area contributed by atoms with Crippen LogP contribution in [0.2, 0.25) is 0 Å². The highest BCUT2D eigenvalue weighted by atomic mass is 16.3. The van der Waals surface area contributed by atoms with Crippen molar-refractivity contribution in [1.82, 2.24) is 4.90 Å². The smallest absolute Gasteiger partial charge is 0.130 e. The summed E-state index contributed by atoms with van der Waals surface area (Å²) in [6.07, 6.45) is 0.101. The summed E-state index contributed by atoms with van der Waals surface area (Å²) < 4.78 is 0. The Balaban J connectivity index is 1.73. The monoisotopic (exact) mass is 383 g/mol. The van der Waals surface area contributed by atoms with Crippen molar-refractivity contribution >= 4 is 21.5 Å². The van der Waals surface area contributed by atoms with E-state index in [-0.39, 0.29) is 6.04 Å². The second-order valence-electron chi connectivity index (χ2n) is 8.24. The minimum absolute atomic E-state index is 0.208. The number of hydrogen-bond donors (Lipinski definition) is 2. The van der Waals surface area contributed by atoms with Crippen molar-refractivity contribution in [1.29, 1.82) is 0 Å². The van der Waals surface area contributed by atoms with Gasteiger partial charge in [0.05, 0.1) is 6.10 Å². The second kappa shape index (κ2) is 6.96. The molecule has 0 bridgehead atoms. The molecular weight excluding hydrogens is 358 g/mol. The molecule has 0 unspecified atom stereocenters. The van der Waals surface area contributed by atoms with E-state index in [9.17, 15) is 10.2 Å². The summed E-state index contributed by atoms with van der Waals surface area (Å²) in [5.74, 6) is 0. The number of likely N-dealkylation sites (N-methyl/N-ethyl adjacent to an activating group) is 1. The number of aliphatic hydroxyl groups excluding tert-OH is 1. The van der Waals surface area contributed by atoms with Gasteiger partial charge >= 0.3 is 0 Å². The summed E-state index contributed by atoms with van der Waals surface area (Å²) in [5, 5.41) is 27.1. The number of likely N-dealkylation sites (tertiary alicyclic amines) is 1. The quantitative estimate of drug-likeness (QED) is 0.555. The first-order valence-corrected chi connectivity index (χ1v) is 10.1. The van der Waals surface area contributed by atoms with Gasteiger partial charge in [-0.3, -0.25) is 4.90 Å². The molecule has 0 radical (unpaired) electrons. The summed E-state index contributed by atoms with van der Waals surface area (Å²) in [4.78, 5) is 2.08. The molecule has 0 aliphatic carbocycles. The lowest BCUT2D eigenvalue weighted by Crippen LogP contribution is -2.47. The van der Waals surface area contributed by atoms with E-state index in [0.717, 1.165) is 32.7 Å². The Morgan fingerprint density at radius 1 is 0.759 bits per heavy atom. The maximum absolute atomic E-state index is 12.3. The number of aliphatic hydroxyl groups is 2. The van der Waals surface area contributed by atoms with Gasteiger partial charge < -0.3 is 10.2 Å². The number of nitrogens with zero attached hydrogens (tertiary/aromatic N) is 1. The molecule has 3 heteroatoms. The van der Waals surface area contributed by atoms with Crippen molar-refractivity contribution in [3.63, 3.8) is 0 Å². The maximum atomic E-state index is 12.3. The molecule has 3 nitrogen and oxygen atoms in total. The molecule has 1 aliphatic heterocycles. The third kappa shape index (κ3) is 3.03. The fourth-order valence-electron chi connectivity index (χ4n) is 4.87. The number of β-amino-alcohol motifs (C(OH)–C–C–N with tert-alkyl or cyclic N) is 1. The summed E-state index contributed by atoms with van der Waals surface area (Å²) in [6.45, 7) is 0.564. The highest BCUT2D eigenvalue weighted by Crippen LogP contribution is 2.41. The third-order valence-corrected chi connectivity index (χ3v) is 6.39. The van der Waals surface area contributed by atoms with E-state index in [1.165, 1.54) is 0 Å². The Hall–Kier alpha value is -2.72. The molecule has 1 fully saturated rings. The molecule has 1 aliphatic rings. The Kier molecular flexibility index (Phi) is 4.39. The first kappa shape index (κ1) is 18.3. The lowest BCUT2D eigenvalue weighted by atomic mass is 9.78. The van der Waals surface area contributed by atoms with Gasteiger partial charge in [-0.15, -0.1) is 0 Å². The van der Waals surface area contributed by atoms with Crippen LogP contribution in [0.5, 0.6) is 0 Å². The molecule has 146 valence electrons. The van der Waals surface area contributed by atoms with Crippen LogP contribution in [0, 0.1) is 0 Å². The molecule has 2 N–H and O–H groups in total. The molecule has 1 heterocycles. The van der Waals surface area contributed by atoms with Crippen LogP contribution in [0.3, 0.4) is 0 Å². The Bertz CT molecular complexity index is 1110. The van der Waals surface area contributed by atoms with Gasteiger partial charge in [-0.1, -0.05) is 72.8 Å². The van der Waals surface area contributed by atoms with Gasteiger partial charge in [-0.25, -0.2) is 0 Å². The Morgan fingerprint density at radius 2 is 1.24 bits per heavy atom. The topological polar surface area (TPSA) is 43.7 Å². The number of hydrogen-bond acceptors (Lipinski definition) is 3. The minimum Gasteiger partial charge on any atom is -0.392 e. The van der Waals surface area contributed by atoms with Crippen LogP contribution in [-0.2, 0) is 5.60 Å². The fraction of sp³-hybridized carbons (Fsp3) is 0.231. The van der Waals surface area contributed by atoms with Crippen molar-refractivity contribution in [3.05, 3.63) is 96.1 Å². The van der Waals surface area contributed by atoms with Gasteiger partial charge in [0, 0.05) is 12.6 Å². The molecule has 0 aromatic heterocycles. The molecule has 29 heavy (non-hydrogen) atoms. The maximum Gasteiger partial charge on any atom is 0.130 e. The SMILES string of the molecule is CN1C[C@H](O)C[C@H]1C(O)(c1ccc2ccccc2c1)c1ccc2ccccc2c1.